The van der Waals surface area contributed by atoms with Crippen molar-refractivity contribution in [2.24, 2.45) is 0 Å². The van der Waals surface area contributed by atoms with Crippen molar-refractivity contribution in [1.82, 2.24) is 9.80 Å². The van der Waals surface area contributed by atoms with Crippen molar-refractivity contribution < 1.29 is 4.79 Å². The summed E-state index contributed by atoms with van der Waals surface area (Å²) in [7, 11) is 4.15. The Morgan fingerprint density at radius 1 is 1.30 bits per heavy atom. The molecule has 0 spiro atoms. The first-order valence-corrected chi connectivity index (χ1v) is 8.31. The molecule has 1 aromatic rings. The van der Waals surface area contributed by atoms with Gasteiger partial charge in [0.25, 0.3) is 0 Å². The van der Waals surface area contributed by atoms with Crippen LogP contribution in [0.3, 0.4) is 0 Å². The van der Waals surface area contributed by atoms with Crippen molar-refractivity contribution in [2.75, 3.05) is 32.9 Å². The first-order valence-electron chi connectivity index (χ1n) is 7.26. The number of amides is 1. The van der Waals surface area contributed by atoms with Gasteiger partial charge in [0, 0.05) is 25.4 Å². The quantitative estimate of drug-likeness (QED) is 0.805. The number of carbonyl (C=O) groups excluding carboxylic acids is 1. The van der Waals surface area contributed by atoms with Crippen LogP contribution in [-0.4, -0.2) is 53.9 Å². The van der Waals surface area contributed by atoms with Gasteiger partial charge in [-0.15, -0.1) is 11.8 Å². The summed E-state index contributed by atoms with van der Waals surface area (Å²) in [4.78, 5) is 16.7. The minimum Gasteiger partial charge on any atom is -0.337 e. The molecule has 0 aliphatic carbocycles. The lowest BCUT2D eigenvalue weighted by Gasteiger charge is -2.32. The number of rotatable bonds is 6. The van der Waals surface area contributed by atoms with Crippen molar-refractivity contribution in [3.05, 3.63) is 35.9 Å². The van der Waals surface area contributed by atoms with Crippen LogP contribution in [-0.2, 0) is 11.3 Å². The predicted molar refractivity (Wildman–Crippen MR) is 85.9 cm³/mol. The van der Waals surface area contributed by atoms with Crippen LogP contribution in [0.15, 0.2) is 30.3 Å². The highest BCUT2D eigenvalue weighted by Gasteiger charge is 2.28. The highest BCUT2D eigenvalue weighted by molar-refractivity contribution is 8.00. The van der Waals surface area contributed by atoms with Gasteiger partial charge >= 0.3 is 0 Å². The molecule has 0 bridgehead atoms. The number of benzene rings is 1. The molecule has 1 aromatic carbocycles. The van der Waals surface area contributed by atoms with E-state index in [1.807, 2.05) is 34.9 Å². The van der Waals surface area contributed by atoms with Crippen LogP contribution >= 0.6 is 11.8 Å². The normalized spacial score (nSPS) is 19.6. The number of nitrogens with zero attached hydrogens (tertiary/aromatic N) is 2. The van der Waals surface area contributed by atoms with Crippen molar-refractivity contribution in [1.29, 1.82) is 0 Å². The van der Waals surface area contributed by atoms with Gasteiger partial charge in [0.05, 0.1) is 5.25 Å². The lowest BCUT2D eigenvalue weighted by molar-refractivity contribution is -0.133. The second-order valence-electron chi connectivity index (χ2n) is 5.55. The molecule has 3 nitrogen and oxygen atoms in total. The van der Waals surface area contributed by atoms with Gasteiger partial charge in [-0.3, -0.25) is 4.79 Å². The van der Waals surface area contributed by atoms with Crippen molar-refractivity contribution in [3.8, 4) is 0 Å². The summed E-state index contributed by atoms with van der Waals surface area (Å²) in [5.41, 5.74) is 1.22. The van der Waals surface area contributed by atoms with Crippen LogP contribution in [0.2, 0.25) is 0 Å². The van der Waals surface area contributed by atoms with Gasteiger partial charge < -0.3 is 9.80 Å². The highest BCUT2D eigenvalue weighted by Crippen LogP contribution is 2.24. The Balaban J connectivity index is 1.86. The summed E-state index contributed by atoms with van der Waals surface area (Å²) in [6.07, 6.45) is 2.15. The number of likely N-dealkylation sites (tertiary alicyclic amines) is 1. The van der Waals surface area contributed by atoms with Crippen LogP contribution in [0.5, 0.6) is 0 Å². The number of hydrogen-bond acceptors (Lipinski definition) is 3. The fourth-order valence-corrected chi connectivity index (χ4v) is 3.78. The van der Waals surface area contributed by atoms with Gasteiger partial charge in [0.2, 0.25) is 5.91 Å². The number of piperidine rings is 1. The van der Waals surface area contributed by atoms with Gasteiger partial charge in [-0.2, -0.15) is 0 Å². The number of hydrogen-bond donors (Lipinski definition) is 0. The van der Waals surface area contributed by atoms with E-state index in [0.717, 1.165) is 38.2 Å². The molecule has 110 valence electrons. The second kappa shape index (κ2) is 7.70. The smallest absolute Gasteiger partial charge is 0.235 e. The van der Waals surface area contributed by atoms with Crippen molar-refractivity contribution in [2.45, 2.75) is 24.6 Å². The Bertz CT molecular complexity index is 422. The van der Waals surface area contributed by atoms with E-state index in [1.54, 1.807) is 0 Å². The summed E-state index contributed by atoms with van der Waals surface area (Å²) in [6, 6.07) is 10.3. The molecule has 1 amide bonds. The average Bonchev–Trinajstić information content (AvgIpc) is 2.44. The number of thioether (sulfide) groups is 1. The Morgan fingerprint density at radius 3 is 2.75 bits per heavy atom. The average molecular weight is 292 g/mol. The molecule has 20 heavy (non-hydrogen) atoms. The summed E-state index contributed by atoms with van der Waals surface area (Å²) in [5.74, 6) is 1.35. The molecular formula is C16H24N2OS. The molecule has 1 atom stereocenters. The van der Waals surface area contributed by atoms with Gasteiger partial charge in [-0.1, -0.05) is 30.3 Å². The monoisotopic (exact) mass is 292 g/mol. The molecule has 1 saturated heterocycles. The number of carbonyl (C=O) groups is 1. The second-order valence-corrected chi connectivity index (χ2v) is 6.86. The standard InChI is InChI=1S/C16H24N2OS/c1-17(2)11-12-20-15-9-6-10-18(16(15)19)13-14-7-4-3-5-8-14/h3-5,7-8,15H,6,9-13H2,1-2H3/t15-/m1/s1. The molecule has 4 heteroatoms. The van der Waals surface area contributed by atoms with Gasteiger partial charge in [0.15, 0.2) is 0 Å². The van der Waals surface area contributed by atoms with E-state index >= 15 is 0 Å². The maximum atomic E-state index is 12.5. The predicted octanol–water partition coefficient (Wildman–Crippen LogP) is 2.47. The summed E-state index contributed by atoms with van der Waals surface area (Å²) in [6.45, 7) is 2.69. The largest absolute Gasteiger partial charge is 0.337 e. The molecule has 0 aromatic heterocycles. The molecule has 1 fully saturated rings. The van der Waals surface area contributed by atoms with Crippen molar-refractivity contribution in [3.63, 3.8) is 0 Å². The van der Waals surface area contributed by atoms with Gasteiger partial charge in [0.1, 0.15) is 0 Å². The van der Waals surface area contributed by atoms with E-state index < -0.39 is 0 Å². The summed E-state index contributed by atoms with van der Waals surface area (Å²) >= 11 is 1.82. The first kappa shape index (κ1) is 15.4. The molecule has 0 N–H and O–H groups in total. The first-order chi connectivity index (χ1) is 9.66. The molecule has 1 heterocycles. The summed E-state index contributed by atoms with van der Waals surface area (Å²) < 4.78 is 0. The SMILES string of the molecule is CN(C)CCS[C@@H]1CCCN(Cc2ccccc2)C1=O. The Morgan fingerprint density at radius 2 is 2.05 bits per heavy atom. The third kappa shape index (κ3) is 4.53. The van der Waals surface area contributed by atoms with E-state index in [-0.39, 0.29) is 5.25 Å². The fraction of sp³-hybridized carbons (Fsp3) is 0.562. The zero-order valence-electron chi connectivity index (χ0n) is 12.4. The minimum atomic E-state index is 0.160. The van der Waals surface area contributed by atoms with Crippen LogP contribution in [0.1, 0.15) is 18.4 Å². The summed E-state index contributed by atoms with van der Waals surface area (Å²) in [5, 5.41) is 0.160. The Labute approximate surface area is 126 Å². The maximum absolute atomic E-state index is 12.5. The van der Waals surface area contributed by atoms with E-state index in [1.165, 1.54) is 5.56 Å². The molecule has 0 saturated carbocycles. The van der Waals surface area contributed by atoms with Crippen LogP contribution in [0.25, 0.3) is 0 Å². The van der Waals surface area contributed by atoms with Crippen LogP contribution in [0.4, 0.5) is 0 Å². The topological polar surface area (TPSA) is 23.6 Å². The lowest BCUT2D eigenvalue weighted by atomic mass is 10.1. The van der Waals surface area contributed by atoms with E-state index in [2.05, 4.69) is 31.1 Å². The Hall–Kier alpha value is -1.00. The molecular weight excluding hydrogens is 268 g/mol. The third-order valence-corrected chi connectivity index (χ3v) is 4.81. The lowest BCUT2D eigenvalue weighted by Crippen LogP contribution is -2.42. The van der Waals surface area contributed by atoms with Gasteiger partial charge in [-0.05, 0) is 32.5 Å². The van der Waals surface area contributed by atoms with Crippen LogP contribution < -0.4 is 0 Å². The van der Waals surface area contributed by atoms with Crippen molar-refractivity contribution >= 4 is 17.7 Å². The third-order valence-electron chi connectivity index (χ3n) is 3.56. The maximum Gasteiger partial charge on any atom is 0.235 e. The van der Waals surface area contributed by atoms with E-state index in [4.69, 9.17) is 0 Å². The van der Waals surface area contributed by atoms with E-state index in [0.29, 0.717) is 5.91 Å². The molecule has 1 aliphatic heterocycles. The van der Waals surface area contributed by atoms with Gasteiger partial charge in [-0.25, -0.2) is 0 Å². The molecule has 2 rings (SSSR count). The molecule has 0 radical (unpaired) electrons. The minimum absolute atomic E-state index is 0.160. The molecule has 1 aliphatic rings. The molecule has 0 unspecified atom stereocenters. The fourth-order valence-electron chi connectivity index (χ4n) is 2.40. The zero-order valence-corrected chi connectivity index (χ0v) is 13.2. The van der Waals surface area contributed by atoms with E-state index in [9.17, 15) is 4.79 Å². The Kier molecular flexibility index (Phi) is 5.92. The zero-order chi connectivity index (χ0) is 14.4. The highest BCUT2D eigenvalue weighted by atomic mass is 32.2. The van der Waals surface area contributed by atoms with Crippen LogP contribution in [0, 0.1) is 0 Å².